The number of thiazole rings is 1. The Morgan fingerprint density at radius 3 is 2.87 bits per heavy atom. The Bertz CT molecular complexity index is 511. The third-order valence-electron chi connectivity index (χ3n) is 3.21. The van der Waals surface area contributed by atoms with E-state index in [-0.39, 0.29) is 5.54 Å². The summed E-state index contributed by atoms with van der Waals surface area (Å²) in [6, 6.07) is 6.42. The molecule has 0 bridgehead atoms. The molecular weight excluding hydrogens is 204 g/mol. The summed E-state index contributed by atoms with van der Waals surface area (Å²) >= 11 is 1.75. The molecule has 0 radical (unpaired) electrons. The highest BCUT2D eigenvalue weighted by Gasteiger charge is 2.37. The Hall–Kier alpha value is -0.930. The maximum atomic E-state index is 6.27. The normalized spacial score (nSPS) is 19.1. The average Bonchev–Trinajstić information content (AvgIpc) is 2.57. The highest BCUT2D eigenvalue weighted by atomic mass is 32.1. The molecule has 2 N–H and O–H groups in total. The number of nitrogens with two attached hydrogens (primary N) is 1. The summed E-state index contributed by atoms with van der Waals surface area (Å²) in [5.74, 6) is 0. The van der Waals surface area contributed by atoms with E-state index in [0.717, 1.165) is 23.4 Å². The molecule has 1 aromatic heterocycles. The smallest absolute Gasteiger partial charge is 0.114 e. The van der Waals surface area contributed by atoms with Crippen LogP contribution in [0.15, 0.2) is 18.2 Å². The molecule has 0 unspecified atom stereocenters. The number of benzene rings is 1. The highest BCUT2D eigenvalue weighted by molar-refractivity contribution is 7.18. The Morgan fingerprint density at radius 2 is 2.20 bits per heavy atom. The maximum Gasteiger partial charge on any atom is 0.114 e. The minimum Gasteiger partial charge on any atom is -0.319 e. The lowest BCUT2D eigenvalue weighted by atomic mass is 9.78. The number of fused-ring (bicyclic) bond motifs is 1. The summed E-state index contributed by atoms with van der Waals surface area (Å²) in [7, 11) is 0. The molecule has 2 aromatic rings. The molecule has 1 heterocycles. The molecule has 2 nitrogen and oxygen atoms in total. The molecule has 0 aliphatic heterocycles. The van der Waals surface area contributed by atoms with Crippen molar-refractivity contribution < 1.29 is 0 Å². The highest BCUT2D eigenvalue weighted by Crippen LogP contribution is 2.41. The van der Waals surface area contributed by atoms with E-state index < -0.39 is 0 Å². The van der Waals surface area contributed by atoms with Gasteiger partial charge in [-0.1, -0.05) is 6.07 Å². The summed E-state index contributed by atoms with van der Waals surface area (Å²) in [6.07, 6.45) is 3.42. The first kappa shape index (κ1) is 9.31. The quantitative estimate of drug-likeness (QED) is 0.799. The van der Waals surface area contributed by atoms with E-state index in [1.54, 1.807) is 11.3 Å². The van der Waals surface area contributed by atoms with Gasteiger partial charge in [-0.05, 0) is 43.9 Å². The molecule has 78 valence electrons. The van der Waals surface area contributed by atoms with Gasteiger partial charge in [0, 0.05) is 0 Å². The van der Waals surface area contributed by atoms with Crippen molar-refractivity contribution in [3.8, 4) is 0 Å². The number of hydrogen-bond acceptors (Lipinski definition) is 3. The van der Waals surface area contributed by atoms with Crippen LogP contribution in [0.25, 0.3) is 10.2 Å². The van der Waals surface area contributed by atoms with Crippen LogP contribution in [0.5, 0.6) is 0 Å². The molecule has 1 aliphatic carbocycles. The molecule has 1 saturated carbocycles. The fourth-order valence-electron chi connectivity index (χ4n) is 2.02. The van der Waals surface area contributed by atoms with Crippen molar-refractivity contribution in [2.24, 2.45) is 5.73 Å². The molecule has 1 fully saturated rings. The van der Waals surface area contributed by atoms with Crippen LogP contribution in [0.4, 0.5) is 0 Å². The Balaban J connectivity index is 2.14. The third kappa shape index (κ3) is 1.38. The van der Waals surface area contributed by atoms with Crippen LogP contribution in [-0.2, 0) is 5.54 Å². The fraction of sp³-hybridized carbons (Fsp3) is 0.417. The van der Waals surface area contributed by atoms with Crippen molar-refractivity contribution in [2.45, 2.75) is 31.7 Å². The van der Waals surface area contributed by atoms with Crippen molar-refractivity contribution in [3.63, 3.8) is 0 Å². The molecule has 1 aliphatic rings. The van der Waals surface area contributed by atoms with Crippen molar-refractivity contribution in [1.82, 2.24) is 4.98 Å². The average molecular weight is 218 g/mol. The molecular formula is C12H14N2S. The molecule has 0 atom stereocenters. The lowest BCUT2D eigenvalue weighted by molar-refractivity contribution is 0.253. The van der Waals surface area contributed by atoms with Crippen molar-refractivity contribution in [1.29, 1.82) is 0 Å². The number of aryl methyl sites for hydroxylation is 1. The fourth-order valence-corrected chi connectivity index (χ4v) is 3.13. The summed E-state index contributed by atoms with van der Waals surface area (Å²) in [6.45, 7) is 2.10. The van der Waals surface area contributed by atoms with Crippen molar-refractivity contribution >= 4 is 21.6 Å². The zero-order valence-corrected chi connectivity index (χ0v) is 9.60. The number of hydrogen-bond donors (Lipinski definition) is 1. The molecule has 3 rings (SSSR count). The predicted octanol–water partition coefficient (Wildman–Crippen LogP) is 2.94. The summed E-state index contributed by atoms with van der Waals surface area (Å²) < 4.78 is 1.26. The second-order valence-corrected chi connectivity index (χ2v) is 5.53. The van der Waals surface area contributed by atoms with Crippen molar-refractivity contribution in [2.75, 3.05) is 0 Å². The third-order valence-corrected chi connectivity index (χ3v) is 4.47. The number of aromatic nitrogens is 1. The predicted molar refractivity (Wildman–Crippen MR) is 64.1 cm³/mol. The van der Waals surface area contributed by atoms with Gasteiger partial charge in [-0.3, -0.25) is 0 Å². The Morgan fingerprint density at radius 1 is 1.40 bits per heavy atom. The Kier molecular flexibility index (Phi) is 1.88. The second kappa shape index (κ2) is 3.03. The van der Waals surface area contributed by atoms with Gasteiger partial charge in [0.1, 0.15) is 5.01 Å². The van der Waals surface area contributed by atoms with Gasteiger partial charge in [0.25, 0.3) is 0 Å². The maximum absolute atomic E-state index is 6.27. The zero-order valence-electron chi connectivity index (χ0n) is 8.79. The lowest BCUT2D eigenvalue weighted by Gasteiger charge is -2.35. The first-order valence-electron chi connectivity index (χ1n) is 5.34. The van der Waals surface area contributed by atoms with Crippen LogP contribution < -0.4 is 5.73 Å². The first-order chi connectivity index (χ1) is 7.17. The molecule has 1 aromatic carbocycles. The number of rotatable bonds is 1. The minimum absolute atomic E-state index is 0.114. The number of nitrogens with zero attached hydrogens (tertiary/aromatic N) is 1. The van der Waals surface area contributed by atoms with Crippen LogP contribution >= 0.6 is 11.3 Å². The lowest BCUT2D eigenvalue weighted by Crippen LogP contribution is -2.43. The van der Waals surface area contributed by atoms with E-state index in [4.69, 9.17) is 5.73 Å². The van der Waals surface area contributed by atoms with E-state index in [2.05, 4.69) is 30.1 Å². The van der Waals surface area contributed by atoms with Gasteiger partial charge in [0.15, 0.2) is 0 Å². The van der Waals surface area contributed by atoms with Gasteiger partial charge in [-0.25, -0.2) is 4.98 Å². The molecule has 15 heavy (non-hydrogen) atoms. The first-order valence-corrected chi connectivity index (χ1v) is 6.16. The van der Waals surface area contributed by atoms with Gasteiger partial charge < -0.3 is 5.73 Å². The van der Waals surface area contributed by atoms with Crippen LogP contribution in [-0.4, -0.2) is 4.98 Å². The van der Waals surface area contributed by atoms with Crippen LogP contribution in [0.3, 0.4) is 0 Å². The largest absolute Gasteiger partial charge is 0.319 e. The second-order valence-electron chi connectivity index (χ2n) is 4.50. The Labute approximate surface area is 93.1 Å². The van der Waals surface area contributed by atoms with Gasteiger partial charge in [-0.2, -0.15) is 0 Å². The van der Waals surface area contributed by atoms with E-state index >= 15 is 0 Å². The van der Waals surface area contributed by atoms with Crippen LogP contribution in [0.2, 0.25) is 0 Å². The molecule has 0 spiro atoms. The summed E-state index contributed by atoms with van der Waals surface area (Å²) in [5.41, 5.74) is 8.53. The standard InChI is InChI=1S/C12H14N2S/c1-8-3-4-10-9(7-8)14-11(15-10)12(13)5-2-6-12/h3-4,7H,2,5-6,13H2,1H3. The molecule has 0 saturated heterocycles. The van der Waals surface area contributed by atoms with E-state index in [0.29, 0.717) is 0 Å². The minimum atomic E-state index is -0.114. The van der Waals surface area contributed by atoms with Crippen LogP contribution in [0, 0.1) is 6.92 Å². The van der Waals surface area contributed by atoms with Gasteiger partial charge >= 0.3 is 0 Å². The molecule has 3 heteroatoms. The van der Waals surface area contributed by atoms with Gasteiger partial charge in [0.2, 0.25) is 0 Å². The van der Waals surface area contributed by atoms with E-state index in [9.17, 15) is 0 Å². The van der Waals surface area contributed by atoms with Gasteiger partial charge in [0.05, 0.1) is 15.8 Å². The van der Waals surface area contributed by atoms with Gasteiger partial charge in [-0.15, -0.1) is 11.3 Å². The van der Waals surface area contributed by atoms with E-state index in [1.165, 1.54) is 16.7 Å². The summed E-state index contributed by atoms with van der Waals surface area (Å²) in [4.78, 5) is 4.66. The zero-order chi connectivity index (χ0) is 10.5. The SMILES string of the molecule is Cc1ccc2sc(C3(N)CCC3)nc2c1. The van der Waals surface area contributed by atoms with Crippen molar-refractivity contribution in [3.05, 3.63) is 28.8 Å². The summed E-state index contributed by atoms with van der Waals surface area (Å²) in [5, 5.41) is 1.12. The monoisotopic (exact) mass is 218 g/mol. The van der Waals surface area contributed by atoms with E-state index in [1.807, 2.05) is 0 Å². The topological polar surface area (TPSA) is 38.9 Å². The van der Waals surface area contributed by atoms with Crippen LogP contribution in [0.1, 0.15) is 29.8 Å². The molecule has 0 amide bonds.